The van der Waals surface area contributed by atoms with Crippen molar-refractivity contribution in [2.24, 2.45) is 5.73 Å². The van der Waals surface area contributed by atoms with Crippen LogP contribution in [0.4, 0.5) is 4.39 Å². The third-order valence-electron chi connectivity index (χ3n) is 3.02. The maximum Gasteiger partial charge on any atom is 0.142 e. The van der Waals surface area contributed by atoms with Crippen LogP contribution in [-0.2, 0) is 0 Å². The van der Waals surface area contributed by atoms with Crippen LogP contribution in [0.15, 0.2) is 46.9 Å². The molecule has 2 aromatic rings. The summed E-state index contributed by atoms with van der Waals surface area (Å²) in [6, 6.07) is 11.6. The van der Waals surface area contributed by atoms with Gasteiger partial charge in [-0.2, -0.15) is 0 Å². The van der Waals surface area contributed by atoms with E-state index in [1.807, 2.05) is 31.2 Å². The molecule has 0 aromatic heterocycles. The molecule has 0 aliphatic heterocycles. The first kappa shape index (κ1) is 15.8. The number of hydrogen-bond acceptors (Lipinski definition) is 3. The molecule has 21 heavy (non-hydrogen) atoms. The second kappa shape index (κ2) is 6.91. The van der Waals surface area contributed by atoms with E-state index in [1.165, 1.54) is 12.1 Å². The quantitative estimate of drug-likeness (QED) is 0.881. The highest BCUT2D eigenvalue weighted by Gasteiger charge is 2.22. The van der Waals surface area contributed by atoms with E-state index in [-0.39, 0.29) is 11.9 Å². The molecule has 0 fully saturated rings. The summed E-state index contributed by atoms with van der Waals surface area (Å²) in [5.74, 6) is 0.730. The first-order chi connectivity index (χ1) is 10.0. The number of methoxy groups -OCH3 is 1. The van der Waals surface area contributed by atoms with Gasteiger partial charge in [0.1, 0.15) is 23.4 Å². The zero-order chi connectivity index (χ0) is 15.4. The normalized spacial score (nSPS) is 13.6. The summed E-state index contributed by atoms with van der Waals surface area (Å²) in [5.41, 5.74) is 6.86. The van der Waals surface area contributed by atoms with Crippen molar-refractivity contribution in [3.63, 3.8) is 0 Å². The third-order valence-corrected chi connectivity index (χ3v) is 3.48. The van der Waals surface area contributed by atoms with E-state index in [4.69, 9.17) is 15.2 Å². The fourth-order valence-electron chi connectivity index (χ4n) is 2.10. The number of benzene rings is 2. The number of ether oxygens (including phenoxy) is 2. The van der Waals surface area contributed by atoms with Crippen LogP contribution in [0.1, 0.15) is 18.6 Å². The van der Waals surface area contributed by atoms with Crippen molar-refractivity contribution < 1.29 is 13.9 Å². The molecule has 2 rings (SSSR count). The van der Waals surface area contributed by atoms with Gasteiger partial charge in [-0.1, -0.05) is 34.1 Å². The fraction of sp³-hybridized carbons (Fsp3) is 0.250. The summed E-state index contributed by atoms with van der Waals surface area (Å²) >= 11 is 3.25. The molecule has 0 aliphatic carbocycles. The number of para-hydroxylation sites is 1. The van der Waals surface area contributed by atoms with E-state index in [0.717, 1.165) is 5.56 Å². The van der Waals surface area contributed by atoms with Gasteiger partial charge in [-0.15, -0.1) is 0 Å². The Morgan fingerprint density at radius 3 is 2.52 bits per heavy atom. The van der Waals surface area contributed by atoms with Gasteiger partial charge < -0.3 is 15.2 Å². The molecule has 5 heteroatoms. The van der Waals surface area contributed by atoms with Crippen LogP contribution < -0.4 is 15.2 Å². The maximum absolute atomic E-state index is 13.5. The smallest absolute Gasteiger partial charge is 0.142 e. The van der Waals surface area contributed by atoms with E-state index in [0.29, 0.717) is 16.0 Å². The summed E-state index contributed by atoms with van der Waals surface area (Å²) in [6.07, 6.45) is -0.435. The highest BCUT2D eigenvalue weighted by atomic mass is 79.9. The van der Waals surface area contributed by atoms with Gasteiger partial charge in [-0.05, 0) is 25.1 Å². The van der Waals surface area contributed by atoms with Crippen molar-refractivity contribution in [1.82, 2.24) is 0 Å². The van der Waals surface area contributed by atoms with Crippen molar-refractivity contribution in [2.45, 2.75) is 19.1 Å². The number of halogens is 2. The second-order valence-corrected chi connectivity index (χ2v) is 5.66. The lowest BCUT2D eigenvalue weighted by molar-refractivity contribution is 0.175. The molecule has 112 valence electrons. The molecule has 0 radical (unpaired) electrons. The Labute approximate surface area is 132 Å². The zero-order valence-corrected chi connectivity index (χ0v) is 13.4. The van der Waals surface area contributed by atoms with Crippen LogP contribution in [0.5, 0.6) is 11.5 Å². The van der Waals surface area contributed by atoms with Gasteiger partial charge in [0.25, 0.3) is 0 Å². The van der Waals surface area contributed by atoms with E-state index in [9.17, 15) is 4.39 Å². The topological polar surface area (TPSA) is 44.5 Å². The molecule has 2 unspecified atom stereocenters. The molecule has 2 aromatic carbocycles. The van der Waals surface area contributed by atoms with Gasteiger partial charge in [0.2, 0.25) is 0 Å². The van der Waals surface area contributed by atoms with Gasteiger partial charge in [-0.3, -0.25) is 0 Å². The standard InChI is InChI=1S/C16H17BrFNO2/c1-10(19)16(14-5-3-4-6-15(14)20-2)21-13-8-11(17)7-12(18)9-13/h3-10,16H,19H2,1-2H3. The maximum atomic E-state index is 13.5. The molecule has 2 N–H and O–H groups in total. The molecular weight excluding hydrogens is 337 g/mol. The predicted octanol–water partition coefficient (Wildman–Crippen LogP) is 4.06. The van der Waals surface area contributed by atoms with Gasteiger partial charge in [0.15, 0.2) is 0 Å². The summed E-state index contributed by atoms with van der Waals surface area (Å²) < 4.78 is 25.3. The molecule has 3 nitrogen and oxygen atoms in total. The Kier molecular flexibility index (Phi) is 5.20. The Morgan fingerprint density at radius 1 is 1.19 bits per heavy atom. The Balaban J connectivity index is 2.35. The highest BCUT2D eigenvalue weighted by Crippen LogP contribution is 2.32. The minimum absolute atomic E-state index is 0.289. The zero-order valence-electron chi connectivity index (χ0n) is 11.8. The first-order valence-electron chi connectivity index (χ1n) is 6.52. The fourth-order valence-corrected chi connectivity index (χ4v) is 2.54. The van der Waals surface area contributed by atoms with E-state index in [2.05, 4.69) is 15.9 Å². The van der Waals surface area contributed by atoms with E-state index in [1.54, 1.807) is 13.2 Å². The minimum atomic E-state index is -0.435. The molecule has 2 atom stereocenters. The van der Waals surface area contributed by atoms with Gasteiger partial charge >= 0.3 is 0 Å². The van der Waals surface area contributed by atoms with Crippen LogP contribution in [-0.4, -0.2) is 13.2 Å². The average Bonchev–Trinajstić information content (AvgIpc) is 2.43. The molecule has 0 spiro atoms. The second-order valence-electron chi connectivity index (χ2n) is 4.74. The molecule has 0 amide bonds. The highest BCUT2D eigenvalue weighted by molar-refractivity contribution is 9.10. The third kappa shape index (κ3) is 3.95. The molecule has 0 saturated carbocycles. The summed E-state index contributed by atoms with van der Waals surface area (Å²) in [6.45, 7) is 1.84. The molecule has 0 bridgehead atoms. The van der Waals surface area contributed by atoms with Gasteiger partial charge in [0, 0.05) is 22.1 Å². The predicted molar refractivity (Wildman–Crippen MR) is 84.1 cm³/mol. The lowest BCUT2D eigenvalue weighted by Crippen LogP contribution is -2.29. The van der Waals surface area contributed by atoms with Crippen molar-refractivity contribution in [3.8, 4) is 11.5 Å². The van der Waals surface area contributed by atoms with Crippen LogP contribution in [0.25, 0.3) is 0 Å². The lowest BCUT2D eigenvalue weighted by atomic mass is 10.0. The molecule has 0 aliphatic rings. The summed E-state index contributed by atoms with van der Waals surface area (Å²) in [5, 5.41) is 0. The van der Waals surface area contributed by atoms with Crippen LogP contribution in [0.3, 0.4) is 0 Å². The monoisotopic (exact) mass is 353 g/mol. The first-order valence-corrected chi connectivity index (χ1v) is 7.32. The van der Waals surface area contributed by atoms with Crippen LogP contribution in [0, 0.1) is 5.82 Å². The van der Waals surface area contributed by atoms with Gasteiger partial charge in [0.05, 0.1) is 7.11 Å². The molecular formula is C16H17BrFNO2. The van der Waals surface area contributed by atoms with Crippen molar-refractivity contribution in [1.29, 1.82) is 0 Å². The van der Waals surface area contributed by atoms with Crippen molar-refractivity contribution >= 4 is 15.9 Å². The molecule has 0 heterocycles. The number of rotatable bonds is 5. The molecule has 0 saturated heterocycles. The van der Waals surface area contributed by atoms with E-state index >= 15 is 0 Å². The summed E-state index contributed by atoms with van der Waals surface area (Å²) in [7, 11) is 1.59. The Bertz CT molecular complexity index is 599. The Morgan fingerprint density at radius 2 is 1.90 bits per heavy atom. The largest absolute Gasteiger partial charge is 0.496 e. The average molecular weight is 354 g/mol. The number of nitrogens with two attached hydrogens (primary N) is 1. The minimum Gasteiger partial charge on any atom is -0.496 e. The van der Waals surface area contributed by atoms with E-state index < -0.39 is 6.10 Å². The SMILES string of the molecule is COc1ccccc1C(Oc1cc(F)cc(Br)c1)C(C)N. The van der Waals surface area contributed by atoms with Crippen LogP contribution >= 0.6 is 15.9 Å². The van der Waals surface area contributed by atoms with Gasteiger partial charge in [-0.25, -0.2) is 4.39 Å². The van der Waals surface area contributed by atoms with Crippen molar-refractivity contribution in [2.75, 3.05) is 7.11 Å². The number of hydrogen-bond donors (Lipinski definition) is 1. The summed E-state index contributed by atoms with van der Waals surface area (Å²) in [4.78, 5) is 0. The van der Waals surface area contributed by atoms with Crippen LogP contribution in [0.2, 0.25) is 0 Å². The van der Waals surface area contributed by atoms with Crippen molar-refractivity contribution in [3.05, 3.63) is 58.3 Å². The lowest BCUT2D eigenvalue weighted by Gasteiger charge is -2.24. The Hall–Kier alpha value is -1.59.